The summed E-state index contributed by atoms with van der Waals surface area (Å²) in [5.74, 6) is 0.715. The van der Waals surface area contributed by atoms with Crippen LogP contribution in [0.4, 0.5) is 0 Å². The summed E-state index contributed by atoms with van der Waals surface area (Å²) < 4.78 is 0. The summed E-state index contributed by atoms with van der Waals surface area (Å²) in [4.78, 5) is 0. The minimum atomic E-state index is -0.538. The predicted molar refractivity (Wildman–Crippen MR) is 71.7 cm³/mol. The van der Waals surface area contributed by atoms with Gasteiger partial charge in [-0.1, -0.05) is 33.6 Å². The summed E-state index contributed by atoms with van der Waals surface area (Å²) in [6, 6.07) is 0. The highest BCUT2D eigenvalue weighted by Gasteiger charge is 2.60. The number of hydrogen-bond donors (Lipinski definition) is 2. The molecule has 0 aromatic heterocycles. The van der Waals surface area contributed by atoms with Crippen molar-refractivity contribution >= 4 is 0 Å². The van der Waals surface area contributed by atoms with Gasteiger partial charge in [0.05, 0.1) is 5.60 Å². The third kappa shape index (κ3) is 1.84. The Balaban J connectivity index is 2.34. The molecular weight excluding hydrogens is 210 g/mol. The first-order valence-corrected chi connectivity index (χ1v) is 7.29. The summed E-state index contributed by atoms with van der Waals surface area (Å²) in [6.07, 6.45) is 8.01. The van der Waals surface area contributed by atoms with Gasteiger partial charge in [-0.15, -0.1) is 0 Å². The molecule has 3 N–H and O–H groups in total. The van der Waals surface area contributed by atoms with Crippen LogP contribution < -0.4 is 5.73 Å². The summed E-state index contributed by atoms with van der Waals surface area (Å²) in [5, 5.41) is 11.3. The molecule has 0 aliphatic heterocycles. The molecular formula is C15H29NO. The first-order chi connectivity index (χ1) is 7.87. The van der Waals surface area contributed by atoms with Gasteiger partial charge in [0.2, 0.25) is 0 Å². The van der Waals surface area contributed by atoms with Gasteiger partial charge in [-0.2, -0.15) is 0 Å². The molecule has 0 aromatic carbocycles. The van der Waals surface area contributed by atoms with Crippen molar-refractivity contribution in [3.05, 3.63) is 0 Å². The van der Waals surface area contributed by atoms with E-state index in [4.69, 9.17) is 5.73 Å². The van der Waals surface area contributed by atoms with Crippen LogP contribution in [0.25, 0.3) is 0 Å². The molecule has 0 saturated heterocycles. The zero-order valence-electron chi connectivity index (χ0n) is 11.8. The highest BCUT2D eigenvalue weighted by molar-refractivity contribution is 5.11. The van der Waals surface area contributed by atoms with Crippen molar-refractivity contribution in [2.75, 3.05) is 6.54 Å². The van der Waals surface area contributed by atoms with E-state index in [0.29, 0.717) is 12.5 Å². The average Bonchev–Trinajstić information content (AvgIpc) is 2.54. The third-order valence-electron chi connectivity index (χ3n) is 5.82. The lowest BCUT2D eigenvalue weighted by Crippen LogP contribution is -2.59. The molecule has 2 saturated carbocycles. The van der Waals surface area contributed by atoms with Crippen molar-refractivity contribution in [1.29, 1.82) is 0 Å². The Labute approximate surface area is 106 Å². The zero-order chi connectivity index (χ0) is 12.7. The average molecular weight is 239 g/mol. The van der Waals surface area contributed by atoms with Crippen LogP contribution in [0.2, 0.25) is 0 Å². The monoisotopic (exact) mass is 239 g/mol. The first kappa shape index (κ1) is 13.4. The van der Waals surface area contributed by atoms with Crippen LogP contribution in [-0.4, -0.2) is 17.3 Å². The number of hydrogen-bond acceptors (Lipinski definition) is 2. The van der Waals surface area contributed by atoms with Crippen LogP contribution in [0.5, 0.6) is 0 Å². The van der Waals surface area contributed by atoms with Gasteiger partial charge in [-0.25, -0.2) is 0 Å². The molecule has 2 aliphatic rings. The van der Waals surface area contributed by atoms with Crippen LogP contribution >= 0.6 is 0 Å². The van der Waals surface area contributed by atoms with Crippen LogP contribution in [0.1, 0.15) is 65.7 Å². The zero-order valence-corrected chi connectivity index (χ0v) is 11.8. The van der Waals surface area contributed by atoms with Gasteiger partial charge >= 0.3 is 0 Å². The largest absolute Gasteiger partial charge is 0.389 e. The molecule has 100 valence electrons. The van der Waals surface area contributed by atoms with E-state index in [-0.39, 0.29) is 10.8 Å². The molecule has 2 nitrogen and oxygen atoms in total. The smallest absolute Gasteiger partial charge is 0.0766 e. The van der Waals surface area contributed by atoms with Crippen LogP contribution in [0.15, 0.2) is 0 Å². The predicted octanol–water partition coefficient (Wildman–Crippen LogP) is 3.08. The van der Waals surface area contributed by atoms with Crippen molar-refractivity contribution in [1.82, 2.24) is 0 Å². The van der Waals surface area contributed by atoms with Crippen molar-refractivity contribution in [2.24, 2.45) is 22.5 Å². The fourth-order valence-corrected chi connectivity index (χ4v) is 4.70. The quantitative estimate of drug-likeness (QED) is 0.778. The van der Waals surface area contributed by atoms with Crippen molar-refractivity contribution in [3.8, 4) is 0 Å². The SMILES string of the molecule is CC1CCCC(CN)(C2(O)CCCC2(C)C)C1. The number of aliphatic hydroxyl groups is 1. The van der Waals surface area contributed by atoms with E-state index in [1.54, 1.807) is 0 Å². The van der Waals surface area contributed by atoms with Crippen molar-refractivity contribution in [3.63, 3.8) is 0 Å². The van der Waals surface area contributed by atoms with Gasteiger partial charge in [-0.3, -0.25) is 0 Å². The highest BCUT2D eigenvalue weighted by atomic mass is 16.3. The molecule has 3 atom stereocenters. The topological polar surface area (TPSA) is 46.2 Å². The van der Waals surface area contributed by atoms with E-state index in [1.165, 1.54) is 12.8 Å². The van der Waals surface area contributed by atoms with Crippen LogP contribution in [-0.2, 0) is 0 Å². The summed E-state index contributed by atoms with van der Waals surface area (Å²) in [7, 11) is 0. The second-order valence-electron chi connectivity index (χ2n) is 7.28. The van der Waals surface area contributed by atoms with Crippen LogP contribution in [0.3, 0.4) is 0 Å². The number of nitrogens with two attached hydrogens (primary N) is 1. The minimum Gasteiger partial charge on any atom is -0.389 e. The van der Waals surface area contributed by atoms with E-state index >= 15 is 0 Å². The Kier molecular flexibility index (Phi) is 3.33. The maximum Gasteiger partial charge on any atom is 0.0766 e. The maximum absolute atomic E-state index is 11.3. The molecule has 0 aromatic rings. The normalized spacial score (nSPS) is 46.1. The molecule has 0 radical (unpaired) electrons. The molecule has 3 unspecified atom stereocenters. The van der Waals surface area contributed by atoms with Gasteiger partial charge in [-0.05, 0) is 43.4 Å². The second kappa shape index (κ2) is 4.24. The van der Waals surface area contributed by atoms with Crippen molar-refractivity contribution in [2.45, 2.75) is 71.3 Å². The Morgan fingerprint density at radius 3 is 2.35 bits per heavy atom. The summed E-state index contributed by atoms with van der Waals surface area (Å²) >= 11 is 0. The minimum absolute atomic E-state index is 0.0231. The van der Waals surface area contributed by atoms with E-state index in [0.717, 1.165) is 32.1 Å². The molecule has 2 rings (SSSR count). The standard InChI is InChI=1S/C15H29NO/c1-12-6-4-8-14(10-12,11-16)15(17)9-5-7-13(15,2)3/h12,17H,4-11,16H2,1-3H3. The Bertz CT molecular complexity index is 289. The molecule has 2 fully saturated rings. The molecule has 17 heavy (non-hydrogen) atoms. The maximum atomic E-state index is 11.3. The van der Waals surface area contributed by atoms with E-state index < -0.39 is 5.60 Å². The summed E-state index contributed by atoms with van der Waals surface area (Å²) in [6.45, 7) is 7.43. The van der Waals surface area contributed by atoms with Gasteiger partial charge in [0, 0.05) is 12.0 Å². The molecule has 2 aliphatic carbocycles. The first-order valence-electron chi connectivity index (χ1n) is 7.29. The lowest BCUT2D eigenvalue weighted by Gasteiger charge is -2.55. The van der Waals surface area contributed by atoms with Gasteiger partial charge in [0.25, 0.3) is 0 Å². The second-order valence-corrected chi connectivity index (χ2v) is 7.28. The van der Waals surface area contributed by atoms with Crippen molar-refractivity contribution < 1.29 is 5.11 Å². The van der Waals surface area contributed by atoms with Gasteiger partial charge in [0.15, 0.2) is 0 Å². The Morgan fingerprint density at radius 1 is 1.18 bits per heavy atom. The molecule has 0 amide bonds. The fourth-order valence-electron chi connectivity index (χ4n) is 4.70. The molecule has 2 heteroatoms. The Morgan fingerprint density at radius 2 is 1.88 bits per heavy atom. The van der Waals surface area contributed by atoms with Gasteiger partial charge < -0.3 is 10.8 Å². The molecule has 0 heterocycles. The lowest BCUT2D eigenvalue weighted by atomic mass is 9.54. The fraction of sp³-hybridized carbons (Fsp3) is 1.00. The molecule has 0 bridgehead atoms. The van der Waals surface area contributed by atoms with E-state index in [2.05, 4.69) is 20.8 Å². The lowest BCUT2D eigenvalue weighted by molar-refractivity contribution is -0.161. The molecule has 0 spiro atoms. The van der Waals surface area contributed by atoms with E-state index in [9.17, 15) is 5.11 Å². The highest BCUT2D eigenvalue weighted by Crippen LogP contribution is 2.59. The number of rotatable bonds is 2. The Hall–Kier alpha value is -0.0800. The van der Waals surface area contributed by atoms with E-state index in [1.807, 2.05) is 0 Å². The third-order valence-corrected chi connectivity index (χ3v) is 5.82. The van der Waals surface area contributed by atoms with Gasteiger partial charge in [0.1, 0.15) is 0 Å². The summed E-state index contributed by atoms with van der Waals surface area (Å²) in [5.41, 5.74) is 5.60. The van der Waals surface area contributed by atoms with Crippen LogP contribution in [0, 0.1) is 16.7 Å².